The lowest BCUT2D eigenvalue weighted by Gasteiger charge is -2.10. The molecule has 4 heteroatoms. The number of methoxy groups -OCH3 is 1. The fraction of sp³-hybridized carbons (Fsp3) is 0.833. The summed E-state index contributed by atoms with van der Waals surface area (Å²) in [4.78, 5) is 10.7. The summed E-state index contributed by atoms with van der Waals surface area (Å²) in [5.74, 6) is -0.427. The first kappa shape index (κ1) is 9.39. The second-order valence-electron chi connectivity index (χ2n) is 1.82. The number of likely N-dealkylation sites (N-methyl/N-ethyl adjacent to an activating group) is 1. The zero-order valence-corrected chi connectivity index (χ0v) is 6.26. The van der Waals surface area contributed by atoms with Crippen molar-refractivity contribution in [1.29, 1.82) is 0 Å². The third-order valence-corrected chi connectivity index (χ3v) is 1.12. The molecule has 0 rings (SSSR count). The Labute approximate surface area is 60.2 Å². The highest BCUT2D eigenvalue weighted by Gasteiger charge is 2.15. The van der Waals surface area contributed by atoms with Gasteiger partial charge in [-0.15, -0.1) is 0 Å². The summed E-state index contributed by atoms with van der Waals surface area (Å²) in [6, 6.07) is -0.574. The fourth-order valence-electron chi connectivity index (χ4n) is 0.611. The van der Waals surface area contributed by atoms with Gasteiger partial charge in [-0.05, 0) is 6.54 Å². The van der Waals surface area contributed by atoms with Crippen molar-refractivity contribution < 1.29 is 14.6 Å². The molecule has 0 saturated carbocycles. The summed E-state index contributed by atoms with van der Waals surface area (Å²) in [6.07, 6.45) is 0. The summed E-state index contributed by atoms with van der Waals surface area (Å²) in [5.41, 5.74) is 0. The fourth-order valence-corrected chi connectivity index (χ4v) is 0.611. The number of ether oxygens (including phenoxy) is 1. The number of rotatable bonds is 4. The molecular weight excluding hydrogens is 134 g/mol. The minimum Gasteiger partial charge on any atom is -0.468 e. The Balaban J connectivity index is 3.68. The second kappa shape index (κ2) is 5.20. The van der Waals surface area contributed by atoms with Gasteiger partial charge in [0.05, 0.1) is 13.7 Å². The summed E-state index contributed by atoms with van der Waals surface area (Å²) in [5, 5.41) is 11.4. The quantitative estimate of drug-likeness (QED) is 0.507. The molecule has 0 bridgehead atoms. The van der Waals surface area contributed by atoms with Gasteiger partial charge in [0.15, 0.2) is 0 Å². The minimum absolute atomic E-state index is 0.222. The van der Waals surface area contributed by atoms with E-state index in [2.05, 4.69) is 10.1 Å². The average molecular weight is 147 g/mol. The van der Waals surface area contributed by atoms with E-state index in [0.29, 0.717) is 6.54 Å². The molecular formula is C6H13NO3. The molecule has 0 aromatic carbocycles. The molecule has 0 heterocycles. The molecule has 0 aliphatic heterocycles. The highest BCUT2D eigenvalue weighted by Crippen LogP contribution is 1.84. The van der Waals surface area contributed by atoms with Crippen molar-refractivity contribution in [2.45, 2.75) is 13.0 Å². The zero-order chi connectivity index (χ0) is 7.98. The van der Waals surface area contributed by atoms with Crippen LogP contribution >= 0.6 is 0 Å². The standard InChI is InChI=1S/C6H13NO3/c1-3-7-5(4-8)6(9)10-2/h5,7-8H,3-4H2,1-2H3/t5-/m0/s1. The molecule has 60 valence electrons. The molecule has 0 aromatic heterocycles. The molecule has 1 atom stereocenters. The van der Waals surface area contributed by atoms with E-state index in [9.17, 15) is 4.79 Å². The number of hydrogen-bond acceptors (Lipinski definition) is 4. The highest BCUT2D eigenvalue weighted by atomic mass is 16.5. The normalized spacial score (nSPS) is 12.7. The maximum atomic E-state index is 10.7. The van der Waals surface area contributed by atoms with Gasteiger partial charge in [0, 0.05) is 0 Å². The molecule has 2 N–H and O–H groups in total. The number of esters is 1. The van der Waals surface area contributed by atoms with Crippen molar-refractivity contribution in [1.82, 2.24) is 5.32 Å². The van der Waals surface area contributed by atoms with Crippen molar-refractivity contribution >= 4 is 5.97 Å². The molecule has 0 aliphatic carbocycles. The van der Waals surface area contributed by atoms with E-state index >= 15 is 0 Å². The first-order valence-electron chi connectivity index (χ1n) is 3.18. The van der Waals surface area contributed by atoms with Gasteiger partial charge in [-0.1, -0.05) is 6.92 Å². The maximum absolute atomic E-state index is 10.7. The third kappa shape index (κ3) is 2.80. The Morgan fingerprint density at radius 1 is 1.80 bits per heavy atom. The van der Waals surface area contributed by atoms with Crippen LogP contribution in [-0.2, 0) is 9.53 Å². The van der Waals surface area contributed by atoms with Crippen LogP contribution in [-0.4, -0.2) is 37.4 Å². The van der Waals surface area contributed by atoms with Crippen molar-refractivity contribution in [2.75, 3.05) is 20.3 Å². The predicted octanol–water partition coefficient (Wildman–Crippen LogP) is -0.870. The molecule has 0 unspecified atom stereocenters. The molecule has 0 saturated heterocycles. The van der Waals surface area contributed by atoms with Gasteiger partial charge in [0.25, 0.3) is 0 Å². The summed E-state index contributed by atoms with van der Waals surface area (Å²) in [6.45, 7) is 2.27. The van der Waals surface area contributed by atoms with E-state index in [4.69, 9.17) is 5.11 Å². The Kier molecular flexibility index (Phi) is 4.88. The number of aliphatic hydroxyl groups excluding tert-OH is 1. The second-order valence-corrected chi connectivity index (χ2v) is 1.82. The third-order valence-electron chi connectivity index (χ3n) is 1.12. The molecule has 0 amide bonds. The number of carbonyl (C=O) groups is 1. The first-order valence-corrected chi connectivity index (χ1v) is 3.18. The van der Waals surface area contributed by atoms with E-state index in [1.54, 1.807) is 0 Å². The maximum Gasteiger partial charge on any atom is 0.325 e. The van der Waals surface area contributed by atoms with Crippen LogP contribution in [0.2, 0.25) is 0 Å². The van der Waals surface area contributed by atoms with Gasteiger partial charge in [-0.3, -0.25) is 4.79 Å². The lowest BCUT2D eigenvalue weighted by Crippen LogP contribution is -2.40. The summed E-state index contributed by atoms with van der Waals surface area (Å²) in [7, 11) is 1.29. The van der Waals surface area contributed by atoms with Gasteiger partial charge in [-0.25, -0.2) is 0 Å². The van der Waals surface area contributed by atoms with Crippen LogP contribution in [0.15, 0.2) is 0 Å². The Hall–Kier alpha value is -0.610. The molecule has 0 radical (unpaired) electrons. The SMILES string of the molecule is CCN[C@@H](CO)C(=O)OC. The summed E-state index contributed by atoms with van der Waals surface area (Å²) < 4.78 is 4.39. The molecule has 4 nitrogen and oxygen atoms in total. The van der Waals surface area contributed by atoms with Gasteiger partial charge < -0.3 is 15.2 Å². The Morgan fingerprint density at radius 3 is 2.70 bits per heavy atom. The monoisotopic (exact) mass is 147 g/mol. The number of nitrogens with one attached hydrogen (secondary N) is 1. The van der Waals surface area contributed by atoms with Gasteiger partial charge in [-0.2, -0.15) is 0 Å². The topological polar surface area (TPSA) is 58.6 Å². The predicted molar refractivity (Wildman–Crippen MR) is 36.6 cm³/mol. The molecule has 0 aromatic rings. The zero-order valence-electron chi connectivity index (χ0n) is 6.26. The van der Waals surface area contributed by atoms with Gasteiger partial charge in [0.1, 0.15) is 6.04 Å². The number of hydrogen-bond donors (Lipinski definition) is 2. The van der Waals surface area contributed by atoms with Gasteiger partial charge >= 0.3 is 5.97 Å². The average Bonchev–Trinajstić information content (AvgIpc) is 1.99. The van der Waals surface area contributed by atoms with Crippen molar-refractivity contribution in [3.05, 3.63) is 0 Å². The smallest absolute Gasteiger partial charge is 0.325 e. The van der Waals surface area contributed by atoms with Crippen LogP contribution in [0.1, 0.15) is 6.92 Å². The van der Waals surface area contributed by atoms with Crippen LogP contribution in [0, 0.1) is 0 Å². The van der Waals surface area contributed by atoms with Crippen molar-refractivity contribution in [3.63, 3.8) is 0 Å². The largest absolute Gasteiger partial charge is 0.468 e. The van der Waals surface area contributed by atoms with Crippen LogP contribution in [0.5, 0.6) is 0 Å². The first-order chi connectivity index (χ1) is 4.76. The van der Waals surface area contributed by atoms with Crippen LogP contribution in [0.3, 0.4) is 0 Å². The number of carbonyl (C=O) groups excluding carboxylic acids is 1. The van der Waals surface area contributed by atoms with Crippen LogP contribution in [0.4, 0.5) is 0 Å². The number of aliphatic hydroxyl groups is 1. The van der Waals surface area contributed by atoms with E-state index in [1.807, 2.05) is 6.92 Å². The van der Waals surface area contributed by atoms with Gasteiger partial charge in [0.2, 0.25) is 0 Å². The van der Waals surface area contributed by atoms with Crippen LogP contribution < -0.4 is 5.32 Å². The summed E-state index contributed by atoms with van der Waals surface area (Å²) >= 11 is 0. The minimum atomic E-state index is -0.574. The van der Waals surface area contributed by atoms with E-state index in [1.165, 1.54) is 7.11 Å². The lowest BCUT2D eigenvalue weighted by atomic mass is 10.3. The molecule has 10 heavy (non-hydrogen) atoms. The van der Waals surface area contributed by atoms with Crippen LogP contribution in [0.25, 0.3) is 0 Å². The van der Waals surface area contributed by atoms with E-state index < -0.39 is 12.0 Å². The highest BCUT2D eigenvalue weighted by molar-refractivity contribution is 5.75. The lowest BCUT2D eigenvalue weighted by molar-refractivity contribution is -0.144. The van der Waals surface area contributed by atoms with Crippen molar-refractivity contribution in [2.24, 2.45) is 0 Å². The van der Waals surface area contributed by atoms with E-state index in [-0.39, 0.29) is 6.61 Å². The molecule has 0 fully saturated rings. The Bertz CT molecular complexity index is 105. The van der Waals surface area contributed by atoms with E-state index in [0.717, 1.165) is 0 Å². The molecule has 0 spiro atoms. The Morgan fingerprint density at radius 2 is 2.40 bits per heavy atom. The molecule has 0 aliphatic rings. The van der Waals surface area contributed by atoms with Crippen molar-refractivity contribution in [3.8, 4) is 0 Å².